The molecule has 5 nitrogen and oxygen atoms in total. The Morgan fingerprint density at radius 3 is 2.45 bits per heavy atom. The fraction of sp³-hybridized carbons (Fsp3) is 0.364. The van der Waals surface area contributed by atoms with E-state index in [1.54, 1.807) is 18.2 Å². The summed E-state index contributed by atoms with van der Waals surface area (Å²) >= 11 is 1.30. The van der Waals surface area contributed by atoms with Gasteiger partial charge in [0.1, 0.15) is 0 Å². The maximum atomic E-state index is 12.6. The van der Waals surface area contributed by atoms with E-state index in [4.69, 9.17) is 0 Å². The first-order chi connectivity index (χ1) is 13.5. The number of anilines is 1. The van der Waals surface area contributed by atoms with Crippen LogP contribution in [0.1, 0.15) is 44.2 Å². The number of sulfone groups is 1. The largest absolute Gasteiger partial charge is 0.302 e. The average molecular weight is 429 g/mol. The predicted octanol–water partition coefficient (Wildman–Crippen LogP) is 4.74. The number of thiazole rings is 1. The molecule has 0 aliphatic heterocycles. The Morgan fingerprint density at radius 1 is 1.14 bits per heavy atom. The van der Waals surface area contributed by atoms with Gasteiger partial charge in [0.15, 0.2) is 15.0 Å². The fourth-order valence-electron chi connectivity index (χ4n) is 3.47. The molecule has 0 bridgehead atoms. The van der Waals surface area contributed by atoms with Gasteiger partial charge in [-0.15, -0.1) is 0 Å². The van der Waals surface area contributed by atoms with Gasteiger partial charge in [-0.2, -0.15) is 0 Å². The molecule has 4 rings (SSSR count). The Morgan fingerprint density at radius 2 is 1.83 bits per heavy atom. The Hall–Kier alpha value is -2.25. The molecular formula is C22H24N2O3S2. The van der Waals surface area contributed by atoms with Gasteiger partial charge in [-0.1, -0.05) is 56.4 Å². The molecule has 3 aromatic rings. The molecule has 152 valence electrons. The van der Waals surface area contributed by atoms with E-state index in [1.807, 2.05) is 0 Å². The van der Waals surface area contributed by atoms with E-state index in [0.717, 1.165) is 11.1 Å². The Kier molecular flexibility index (Phi) is 4.78. The topological polar surface area (TPSA) is 76.1 Å². The highest BCUT2D eigenvalue weighted by Crippen LogP contribution is 2.48. The van der Waals surface area contributed by atoms with E-state index < -0.39 is 9.84 Å². The van der Waals surface area contributed by atoms with Crippen molar-refractivity contribution in [1.29, 1.82) is 0 Å². The van der Waals surface area contributed by atoms with E-state index in [2.05, 4.69) is 55.3 Å². The first-order valence-corrected chi connectivity index (χ1v) is 12.2. The first kappa shape index (κ1) is 20.0. The summed E-state index contributed by atoms with van der Waals surface area (Å²) in [4.78, 5) is 17.3. The lowest BCUT2D eigenvalue weighted by Crippen LogP contribution is -2.14. The van der Waals surface area contributed by atoms with Gasteiger partial charge in [0.25, 0.3) is 0 Å². The molecule has 7 heteroatoms. The van der Waals surface area contributed by atoms with Crippen LogP contribution < -0.4 is 5.32 Å². The van der Waals surface area contributed by atoms with Crippen LogP contribution in [0.4, 0.5) is 5.13 Å². The third kappa shape index (κ3) is 4.21. The van der Waals surface area contributed by atoms with Crippen LogP contribution in [0, 0.1) is 5.92 Å². The van der Waals surface area contributed by atoms with Crippen molar-refractivity contribution < 1.29 is 13.2 Å². The molecule has 1 aliphatic rings. The van der Waals surface area contributed by atoms with Gasteiger partial charge in [-0.3, -0.25) is 4.79 Å². The van der Waals surface area contributed by atoms with Gasteiger partial charge in [0, 0.05) is 12.2 Å². The molecule has 1 amide bonds. The molecule has 1 heterocycles. The fourth-order valence-corrected chi connectivity index (χ4v) is 5.10. The lowest BCUT2D eigenvalue weighted by Gasteiger charge is -2.19. The molecule has 29 heavy (non-hydrogen) atoms. The van der Waals surface area contributed by atoms with Crippen LogP contribution in [0.15, 0.2) is 47.4 Å². The van der Waals surface area contributed by atoms with E-state index in [1.165, 1.54) is 28.7 Å². The number of nitrogens with zero attached hydrogens (tertiary/aromatic N) is 1. The normalized spacial score (nSPS) is 19.3. The zero-order chi connectivity index (χ0) is 21.0. The number of benzene rings is 2. The standard InChI is InChI=1S/C22H24N2O3S2/c1-22(2,3)14-7-5-13(6-8-14)16-12-17(16)20(25)24-21-23-18-10-9-15(29(4,26)27)11-19(18)28-21/h5-11,16-17H,12H2,1-4H3,(H,23,24,25)/t16-,17+/m1/s1. The minimum absolute atomic E-state index is 0.0303. The van der Waals surface area contributed by atoms with E-state index in [0.29, 0.717) is 10.6 Å². The second-order valence-electron chi connectivity index (χ2n) is 8.73. The Bertz CT molecular complexity index is 1190. The number of rotatable bonds is 4. The second kappa shape index (κ2) is 6.92. The SMILES string of the molecule is CC(C)(C)c1ccc([C@H]2C[C@@H]2C(=O)Nc2nc3ccc(S(C)(=O)=O)cc3s2)cc1. The van der Waals surface area contributed by atoms with E-state index in [-0.39, 0.29) is 28.1 Å². The van der Waals surface area contributed by atoms with Gasteiger partial charge in [0.2, 0.25) is 5.91 Å². The lowest BCUT2D eigenvalue weighted by molar-refractivity contribution is -0.117. The molecule has 1 aliphatic carbocycles. The molecule has 2 atom stereocenters. The molecule has 0 radical (unpaired) electrons. The van der Waals surface area contributed by atoms with Crippen molar-refractivity contribution in [3.63, 3.8) is 0 Å². The van der Waals surface area contributed by atoms with E-state index in [9.17, 15) is 13.2 Å². The van der Waals surface area contributed by atoms with Gasteiger partial charge in [0.05, 0.1) is 15.1 Å². The summed E-state index contributed by atoms with van der Waals surface area (Å²) in [6.45, 7) is 6.56. The summed E-state index contributed by atoms with van der Waals surface area (Å²) in [5.41, 5.74) is 3.27. The molecule has 1 aromatic heterocycles. The molecule has 0 unspecified atom stereocenters. The lowest BCUT2D eigenvalue weighted by atomic mass is 9.86. The minimum Gasteiger partial charge on any atom is -0.302 e. The molecule has 1 fully saturated rings. The van der Waals surface area contributed by atoms with Gasteiger partial charge in [-0.25, -0.2) is 13.4 Å². The van der Waals surface area contributed by atoms with Crippen LogP contribution in [-0.2, 0) is 20.0 Å². The summed E-state index contributed by atoms with van der Waals surface area (Å²) in [5, 5.41) is 3.41. The second-order valence-corrected chi connectivity index (χ2v) is 11.8. The van der Waals surface area contributed by atoms with Crippen LogP contribution in [0.3, 0.4) is 0 Å². The summed E-state index contributed by atoms with van der Waals surface area (Å²) in [5.74, 6) is 0.168. The molecule has 0 saturated heterocycles. The van der Waals surface area contributed by atoms with Crippen molar-refractivity contribution in [2.45, 2.75) is 43.4 Å². The number of carbonyl (C=O) groups excluding carboxylic acids is 1. The van der Waals surface area contributed by atoms with Crippen molar-refractivity contribution in [2.24, 2.45) is 5.92 Å². The maximum Gasteiger partial charge on any atom is 0.229 e. The maximum absolute atomic E-state index is 12.6. The summed E-state index contributed by atoms with van der Waals surface area (Å²) in [7, 11) is -3.27. The van der Waals surface area contributed by atoms with Crippen LogP contribution in [0.2, 0.25) is 0 Å². The monoisotopic (exact) mass is 428 g/mol. The number of carbonyl (C=O) groups is 1. The zero-order valence-electron chi connectivity index (χ0n) is 16.9. The van der Waals surface area contributed by atoms with Crippen LogP contribution in [-0.4, -0.2) is 25.6 Å². The molecule has 2 aromatic carbocycles. The van der Waals surface area contributed by atoms with Crippen molar-refractivity contribution >= 4 is 42.4 Å². The minimum atomic E-state index is -3.27. The van der Waals surface area contributed by atoms with Gasteiger partial charge >= 0.3 is 0 Å². The zero-order valence-corrected chi connectivity index (χ0v) is 18.5. The Labute approximate surface area is 175 Å². The highest BCUT2D eigenvalue weighted by molar-refractivity contribution is 7.90. The van der Waals surface area contributed by atoms with Crippen molar-refractivity contribution in [3.8, 4) is 0 Å². The number of nitrogens with one attached hydrogen (secondary N) is 1. The van der Waals surface area contributed by atoms with Crippen molar-refractivity contribution in [2.75, 3.05) is 11.6 Å². The first-order valence-electron chi connectivity index (χ1n) is 9.54. The quantitative estimate of drug-likeness (QED) is 0.651. The summed E-state index contributed by atoms with van der Waals surface area (Å²) < 4.78 is 24.2. The highest BCUT2D eigenvalue weighted by Gasteiger charge is 2.44. The highest BCUT2D eigenvalue weighted by atomic mass is 32.2. The number of amides is 1. The molecule has 1 saturated carbocycles. The summed E-state index contributed by atoms with van der Waals surface area (Å²) in [6, 6.07) is 13.4. The third-order valence-electron chi connectivity index (χ3n) is 5.35. The third-order valence-corrected chi connectivity index (χ3v) is 7.39. The van der Waals surface area contributed by atoms with Crippen LogP contribution in [0.5, 0.6) is 0 Å². The average Bonchev–Trinajstić information content (AvgIpc) is 3.33. The smallest absolute Gasteiger partial charge is 0.229 e. The number of hydrogen-bond acceptors (Lipinski definition) is 5. The van der Waals surface area contributed by atoms with Crippen molar-refractivity contribution in [3.05, 3.63) is 53.6 Å². The number of aromatic nitrogens is 1. The van der Waals surface area contributed by atoms with Crippen molar-refractivity contribution in [1.82, 2.24) is 4.98 Å². The number of fused-ring (bicyclic) bond motifs is 1. The molecule has 0 spiro atoms. The molecule has 1 N–H and O–H groups in total. The molecular weight excluding hydrogens is 404 g/mol. The summed E-state index contributed by atoms with van der Waals surface area (Å²) in [6.07, 6.45) is 2.02. The van der Waals surface area contributed by atoms with E-state index >= 15 is 0 Å². The van der Waals surface area contributed by atoms with Crippen LogP contribution in [0.25, 0.3) is 10.2 Å². The van der Waals surface area contributed by atoms with Crippen LogP contribution >= 0.6 is 11.3 Å². The predicted molar refractivity (Wildman–Crippen MR) is 117 cm³/mol. The van der Waals surface area contributed by atoms with Gasteiger partial charge in [-0.05, 0) is 47.1 Å². The number of hydrogen-bond donors (Lipinski definition) is 1. The Balaban J connectivity index is 1.45. The van der Waals surface area contributed by atoms with Gasteiger partial charge < -0.3 is 5.32 Å².